The second-order valence-corrected chi connectivity index (χ2v) is 6.48. The minimum absolute atomic E-state index is 0.189. The Morgan fingerprint density at radius 3 is 2.00 bits per heavy atom. The van der Waals surface area contributed by atoms with Gasteiger partial charge in [0, 0.05) is 0 Å². The molecule has 2 nitrogen and oxygen atoms in total. The largest absolute Gasteiger partial charge is 0.478 e. The van der Waals surface area contributed by atoms with Crippen LogP contribution in [0.4, 0.5) is 0 Å². The van der Waals surface area contributed by atoms with E-state index in [0.717, 1.165) is 6.42 Å². The monoisotopic (exact) mass is 248 g/mol. The van der Waals surface area contributed by atoms with Crippen LogP contribution in [0.2, 0.25) is 0 Å². The lowest BCUT2D eigenvalue weighted by molar-refractivity contribution is 0.0697. The van der Waals surface area contributed by atoms with Gasteiger partial charge in [0.15, 0.2) is 0 Å². The third kappa shape index (κ3) is 3.86. The van der Waals surface area contributed by atoms with E-state index < -0.39 is 5.97 Å². The summed E-state index contributed by atoms with van der Waals surface area (Å²) in [5, 5.41) is 8.92. The number of aromatic carboxylic acids is 1. The van der Waals surface area contributed by atoms with Gasteiger partial charge in [0.05, 0.1) is 5.56 Å². The van der Waals surface area contributed by atoms with Crippen molar-refractivity contribution in [3.05, 3.63) is 35.4 Å². The minimum atomic E-state index is -0.863. The van der Waals surface area contributed by atoms with Crippen LogP contribution in [-0.4, -0.2) is 11.1 Å². The Morgan fingerprint density at radius 2 is 1.67 bits per heavy atom. The Bertz CT molecular complexity index is 396. The number of hydrogen-bond acceptors (Lipinski definition) is 1. The van der Waals surface area contributed by atoms with E-state index in [2.05, 4.69) is 34.6 Å². The van der Waals surface area contributed by atoms with Gasteiger partial charge in [-0.25, -0.2) is 4.79 Å². The first-order chi connectivity index (χ1) is 8.21. The van der Waals surface area contributed by atoms with Gasteiger partial charge in [-0.3, -0.25) is 0 Å². The molecule has 0 fully saturated rings. The van der Waals surface area contributed by atoms with Gasteiger partial charge < -0.3 is 5.11 Å². The van der Waals surface area contributed by atoms with Gasteiger partial charge >= 0.3 is 5.97 Å². The third-order valence-corrected chi connectivity index (χ3v) is 3.31. The zero-order valence-electron chi connectivity index (χ0n) is 12.0. The smallest absolute Gasteiger partial charge is 0.335 e. The number of carboxylic acid groups (broad SMARTS) is 1. The lowest BCUT2D eigenvalue weighted by atomic mass is 9.72. The van der Waals surface area contributed by atoms with Crippen molar-refractivity contribution in [3.63, 3.8) is 0 Å². The zero-order chi connectivity index (χ0) is 13.9. The summed E-state index contributed by atoms with van der Waals surface area (Å²) in [4.78, 5) is 10.9. The molecular weight excluding hydrogens is 224 g/mol. The molecule has 0 amide bonds. The molecule has 0 saturated carbocycles. The fraction of sp³-hybridized carbons (Fsp3) is 0.562. The first-order valence-corrected chi connectivity index (χ1v) is 6.55. The van der Waals surface area contributed by atoms with E-state index in [4.69, 9.17) is 5.11 Å². The maximum Gasteiger partial charge on any atom is 0.335 e. The number of carboxylic acids is 1. The van der Waals surface area contributed by atoms with Crippen LogP contribution in [0.1, 0.15) is 62.9 Å². The van der Waals surface area contributed by atoms with Crippen molar-refractivity contribution in [1.82, 2.24) is 0 Å². The second kappa shape index (κ2) is 5.55. The molecule has 1 N–H and O–H groups in total. The van der Waals surface area contributed by atoms with E-state index in [1.54, 1.807) is 12.1 Å². The fourth-order valence-corrected chi connectivity index (χ4v) is 2.32. The molecule has 0 aromatic heterocycles. The molecule has 0 aliphatic carbocycles. The molecule has 1 aromatic rings. The average Bonchev–Trinajstić information content (AvgIpc) is 2.24. The van der Waals surface area contributed by atoms with Gasteiger partial charge in [-0.15, -0.1) is 0 Å². The molecule has 100 valence electrons. The summed E-state index contributed by atoms with van der Waals surface area (Å²) in [6.07, 6.45) is 1.12. The number of rotatable bonds is 4. The van der Waals surface area contributed by atoms with E-state index >= 15 is 0 Å². The molecule has 0 aliphatic heterocycles. The molecule has 1 atom stereocenters. The summed E-state index contributed by atoms with van der Waals surface area (Å²) in [6, 6.07) is 7.33. The molecule has 0 aliphatic rings. The topological polar surface area (TPSA) is 37.3 Å². The van der Waals surface area contributed by atoms with Crippen LogP contribution in [0, 0.1) is 11.3 Å². The van der Waals surface area contributed by atoms with E-state index in [1.807, 2.05) is 12.1 Å². The first-order valence-electron chi connectivity index (χ1n) is 6.55. The van der Waals surface area contributed by atoms with Crippen molar-refractivity contribution >= 4 is 5.97 Å². The van der Waals surface area contributed by atoms with Crippen molar-refractivity contribution < 1.29 is 9.90 Å². The molecule has 1 rings (SSSR count). The molecule has 18 heavy (non-hydrogen) atoms. The van der Waals surface area contributed by atoms with Gasteiger partial charge in [-0.2, -0.15) is 0 Å². The highest BCUT2D eigenvalue weighted by Crippen LogP contribution is 2.39. The van der Waals surface area contributed by atoms with E-state index in [0.29, 0.717) is 17.4 Å². The van der Waals surface area contributed by atoms with Crippen LogP contribution in [0.3, 0.4) is 0 Å². The van der Waals surface area contributed by atoms with Crippen LogP contribution >= 0.6 is 0 Å². The molecule has 0 spiro atoms. The first kappa shape index (κ1) is 14.7. The van der Waals surface area contributed by atoms with Crippen molar-refractivity contribution in [1.29, 1.82) is 0 Å². The van der Waals surface area contributed by atoms with Crippen molar-refractivity contribution in [2.24, 2.45) is 11.3 Å². The normalized spacial score (nSPS) is 13.7. The Morgan fingerprint density at radius 1 is 1.17 bits per heavy atom. The maximum absolute atomic E-state index is 10.9. The van der Waals surface area contributed by atoms with Crippen LogP contribution in [-0.2, 0) is 0 Å². The van der Waals surface area contributed by atoms with Gasteiger partial charge in [0.2, 0.25) is 0 Å². The number of benzene rings is 1. The molecule has 0 radical (unpaired) electrons. The summed E-state index contributed by atoms with van der Waals surface area (Å²) in [5.74, 6) is 0.228. The molecule has 0 bridgehead atoms. The SMILES string of the molecule is CC(C)CC(c1ccc(C(=O)O)cc1)C(C)(C)C. The Kier molecular flexibility index (Phi) is 4.55. The molecule has 2 heteroatoms. The van der Waals surface area contributed by atoms with Crippen molar-refractivity contribution in [2.45, 2.75) is 47.0 Å². The summed E-state index contributed by atoms with van der Waals surface area (Å²) >= 11 is 0. The highest BCUT2D eigenvalue weighted by molar-refractivity contribution is 5.87. The molecule has 1 aromatic carbocycles. The molecule has 0 heterocycles. The third-order valence-electron chi connectivity index (χ3n) is 3.31. The van der Waals surface area contributed by atoms with Gasteiger partial charge in [0.25, 0.3) is 0 Å². The minimum Gasteiger partial charge on any atom is -0.478 e. The van der Waals surface area contributed by atoms with E-state index in [-0.39, 0.29) is 5.41 Å². The van der Waals surface area contributed by atoms with Crippen LogP contribution in [0.5, 0.6) is 0 Å². The Balaban J connectivity index is 3.02. The van der Waals surface area contributed by atoms with Crippen molar-refractivity contribution in [2.75, 3.05) is 0 Å². The second-order valence-electron chi connectivity index (χ2n) is 6.48. The average molecular weight is 248 g/mol. The Labute approximate surface area is 110 Å². The lowest BCUT2D eigenvalue weighted by Gasteiger charge is -2.32. The maximum atomic E-state index is 10.9. The standard InChI is InChI=1S/C16H24O2/c1-11(2)10-14(16(3,4)5)12-6-8-13(9-7-12)15(17)18/h6-9,11,14H,10H2,1-5H3,(H,17,18). The predicted octanol–water partition coefficient (Wildman–Crippen LogP) is 4.56. The molecule has 0 saturated heterocycles. The quantitative estimate of drug-likeness (QED) is 0.848. The van der Waals surface area contributed by atoms with Gasteiger partial charge in [0.1, 0.15) is 0 Å². The Hall–Kier alpha value is -1.31. The predicted molar refractivity (Wildman–Crippen MR) is 75.1 cm³/mol. The van der Waals surface area contributed by atoms with Crippen LogP contribution in [0.25, 0.3) is 0 Å². The van der Waals surface area contributed by atoms with Gasteiger partial charge in [-0.1, -0.05) is 46.8 Å². The fourth-order valence-electron chi connectivity index (χ4n) is 2.32. The summed E-state index contributed by atoms with van der Waals surface area (Å²) in [7, 11) is 0. The number of carbonyl (C=O) groups is 1. The lowest BCUT2D eigenvalue weighted by Crippen LogP contribution is -2.20. The van der Waals surface area contributed by atoms with E-state index in [1.165, 1.54) is 5.56 Å². The number of hydrogen-bond donors (Lipinski definition) is 1. The van der Waals surface area contributed by atoms with E-state index in [9.17, 15) is 4.79 Å². The summed E-state index contributed by atoms with van der Waals surface area (Å²) in [6.45, 7) is 11.2. The zero-order valence-corrected chi connectivity index (χ0v) is 12.0. The highest BCUT2D eigenvalue weighted by Gasteiger charge is 2.26. The molecule has 1 unspecified atom stereocenters. The summed E-state index contributed by atoms with van der Waals surface area (Å²) in [5.41, 5.74) is 1.78. The van der Waals surface area contributed by atoms with Crippen molar-refractivity contribution in [3.8, 4) is 0 Å². The summed E-state index contributed by atoms with van der Waals surface area (Å²) < 4.78 is 0. The van der Waals surface area contributed by atoms with Crippen LogP contribution in [0.15, 0.2) is 24.3 Å². The molecular formula is C16H24O2. The van der Waals surface area contributed by atoms with Crippen LogP contribution < -0.4 is 0 Å². The highest BCUT2D eigenvalue weighted by atomic mass is 16.4. The van der Waals surface area contributed by atoms with Gasteiger partial charge in [-0.05, 0) is 41.4 Å².